The molecule has 0 aliphatic rings. The van der Waals surface area contributed by atoms with E-state index in [1.54, 1.807) is 18.2 Å². The maximum atomic E-state index is 12.5. The van der Waals surface area contributed by atoms with E-state index >= 15 is 0 Å². The molecule has 7 heteroatoms. The van der Waals surface area contributed by atoms with Crippen LogP contribution in [-0.4, -0.2) is 38.0 Å². The zero-order chi connectivity index (χ0) is 18.7. The van der Waals surface area contributed by atoms with Crippen LogP contribution in [0.1, 0.15) is 10.4 Å². The quantitative estimate of drug-likeness (QED) is 0.525. The van der Waals surface area contributed by atoms with Crippen molar-refractivity contribution < 1.29 is 23.8 Å². The summed E-state index contributed by atoms with van der Waals surface area (Å²) in [7, 11) is 4.43. The molecule has 3 aromatic rings. The minimum absolute atomic E-state index is 0.311. The van der Waals surface area contributed by atoms with Gasteiger partial charge in [-0.25, -0.2) is 0 Å². The molecule has 134 valence electrons. The van der Waals surface area contributed by atoms with Gasteiger partial charge in [-0.2, -0.15) is 0 Å². The summed E-state index contributed by atoms with van der Waals surface area (Å²) in [5.74, 6) is -0.250. The number of ether oxygens (including phenoxy) is 3. The largest absolute Gasteiger partial charge is 0.493 e. The van der Waals surface area contributed by atoms with Gasteiger partial charge in [-0.1, -0.05) is 18.2 Å². The number of para-hydroxylation sites is 1. The monoisotopic (exact) mass is 354 g/mol. The van der Waals surface area contributed by atoms with E-state index in [0.717, 1.165) is 5.52 Å². The van der Waals surface area contributed by atoms with E-state index < -0.39 is 11.7 Å². The molecule has 0 atom stereocenters. The van der Waals surface area contributed by atoms with Crippen molar-refractivity contribution in [3.63, 3.8) is 0 Å². The number of hydrogen-bond acceptors (Lipinski definition) is 5. The lowest BCUT2D eigenvalue weighted by Crippen LogP contribution is -2.22. The number of methoxy groups -OCH3 is 3. The van der Waals surface area contributed by atoms with Crippen LogP contribution in [0.4, 0.5) is 5.69 Å². The first-order chi connectivity index (χ1) is 12.6. The molecule has 0 saturated heterocycles. The van der Waals surface area contributed by atoms with Crippen LogP contribution in [0.2, 0.25) is 0 Å². The number of benzene rings is 2. The molecule has 0 bridgehead atoms. The van der Waals surface area contributed by atoms with Gasteiger partial charge in [0.1, 0.15) is 0 Å². The lowest BCUT2D eigenvalue weighted by molar-refractivity contribution is -0.112. The van der Waals surface area contributed by atoms with Gasteiger partial charge < -0.3 is 24.5 Å². The van der Waals surface area contributed by atoms with Crippen LogP contribution < -0.4 is 19.5 Å². The summed E-state index contributed by atoms with van der Waals surface area (Å²) in [6.45, 7) is 0. The van der Waals surface area contributed by atoms with Gasteiger partial charge in [-0.05, 0) is 6.07 Å². The summed E-state index contributed by atoms with van der Waals surface area (Å²) in [4.78, 5) is 27.9. The fourth-order valence-corrected chi connectivity index (χ4v) is 2.72. The fraction of sp³-hybridized carbons (Fsp3) is 0.158. The minimum atomic E-state index is -0.760. The summed E-state index contributed by atoms with van der Waals surface area (Å²) < 4.78 is 15.7. The van der Waals surface area contributed by atoms with Crippen LogP contribution >= 0.6 is 0 Å². The molecule has 1 heterocycles. The number of Topliss-reactive ketones (excluding diaryl/α,β-unsaturated/α-hetero) is 1. The van der Waals surface area contributed by atoms with Gasteiger partial charge in [0.2, 0.25) is 5.75 Å². The highest BCUT2D eigenvalue weighted by Crippen LogP contribution is 2.39. The standard InChI is InChI=1S/C19H18N2O5/c1-24-15-8-11(9-16(25-2)18(15)26-3)21-19(23)17(22)13-10-20-14-7-5-4-6-12(13)14/h4-10,20H,1-3H3,(H,21,23). The van der Waals surface area contributed by atoms with Gasteiger partial charge in [0.25, 0.3) is 11.7 Å². The molecule has 1 amide bonds. The maximum Gasteiger partial charge on any atom is 0.296 e. The van der Waals surface area contributed by atoms with Crippen LogP contribution in [0.15, 0.2) is 42.6 Å². The van der Waals surface area contributed by atoms with Gasteiger partial charge in [0.15, 0.2) is 11.5 Å². The number of anilines is 1. The fourth-order valence-electron chi connectivity index (χ4n) is 2.72. The van der Waals surface area contributed by atoms with Crippen LogP contribution in [-0.2, 0) is 4.79 Å². The zero-order valence-corrected chi connectivity index (χ0v) is 14.6. The van der Waals surface area contributed by atoms with Crippen molar-refractivity contribution in [1.82, 2.24) is 4.98 Å². The summed E-state index contributed by atoms with van der Waals surface area (Å²) in [5, 5.41) is 3.27. The molecule has 3 rings (SSSR count). The number of amides is 1. The molecule has 2 aromatic carbocycles. The Morgan fingerprint density at radius 2 is 1.62 bits per heavy atom. The summed E-state index contributed by atoms with van der Waals surface area (Å²) >= 11 is 0. The lowest BCUT2D eigenvalue weighted by Gasteiger charge is -2.14. The number of ketones is 1. The molecule has 0 unspecified atom stereocenters. The third-order valence-electron chi connectivity index (χ3n) is 3.96. The van der Waals surface area contributed by atoms with Crippen molar-refractivity contribution in [2.24, 2.45) is 0 Å². The van der Waals surface area contributed by atoms with Crippen LogP contribution in [0.5, 0.6) is 17.2 Å². The van der Waals surface area contributed by atoms with E-state index in [4.69, 9.17) is 14.2 Å². The Balaban J connectivity index is 1.89. The Morgan fingerprint density at radius 1 is 0.962 bits per heavy atom. The van der Waals surface area contributed by atoms with E-state index in [1.807, 2.05) is 18.2 Å². The molecule has 0 aliphatic heterocycles. The van der Waals surface area contributed by atoms with E-state index in [2.05, 4.69) is 10.3 Å². The molecule has 26 heavy (non-hydrogen) atoms. The molecule has 0 radical (unpaired) electrons. The van der Waals surface area contributed by atoms with Gasteiger partial charge in [-0.3, -0.25) is 9.59 Å². The Kier molecular flexibility index (Phi) is 4.79. The van der Waals surface area contributed by atoms with Crippen LogP contribution in [0.25, 0.3) is 10.9 Å². The van der Waals surface area contributed by atoms with Gasteiger partial charge >= 0.3 is 0 Å². The lowest BCUT2D eigenvalue weighted by atomic mass is 10.1. The Labute approximate surface area is 149 Å². The first-order valence-electron chi connectivity index (χ1n) is 7.80. The highest BCUT2D eigenvalue weighted by atomic mass is 16.5. The minimum Gasteiger partial charge on any atom is -0.493 e. The first-order valence-corrected chi connectivity index (χ1v) is 7.80. The molecule has 2 N–H and O–H groups in total. The predicted molar refractivity (Wildman–Crippen MR) is 97.4 cm³/mol. The number of hydrogen-bond donors (Lipinski definition) is 2. The first kappa shape index (κ1) is 17.3. The van der Waals surface area contributed by atoms with Gasteiger partial charge in [0.05, 0.1) is 26.9 Å². The third kappa shape index (κ3) is 3.06. The summed E-state index contributed by atoms with van der Waals surface area (Å²) in [5.41, 5.74) is 1.46. The van der Waals surface area contributed by atoms with Crippen molar-refractivity contribution in [2.75, 3.05) is 26.6 Å². The van der Waals surface area contributed by atoms with Crippen LogP contribution in [0.3, 0.4) is 0 Å². The predicted octanol–water partition coefficient (Wildman–Crippen LogP) is 3.02. The van der Waals surface area contributed by atoms with Gasteiger partial charge in [0, 0.05) is 34.9 Å². The Hall–Kier alpha value is -3.48. The van der Waals surface area contributed by atoms with Crippen molar-refractivity contribution in [2.45, 2.75) is 0 Å². The number of carbonyl (C=O) groups is 2. The molecule has 1 aromatic heterocycles. The second-order valence-corrected chi connectivity index (χ2v) is 5.45. The maximum absolute atomic E-state index is 12.5. The number of aromatic nitrogens is 1. The molecule has 7 nitrogen and oxygen atoms in total. The number of rotatable bonds is 6. The second-order valence-electron chi connectivity index (χ2n) is 5.45. The Morgan fingerprint density at radius 3 is 2.23 bits per heavy atom. The van der Waals surface area contributed by atoms with Crippen molar-refractivity contribution in [3.8, 4) is 17.2 Å². The molecule has 0 aliphatic carbocycles. The van der Waals surface area contributed by atoms with E-state index in [0.29, 0.717) is 33.9 Å². The molecule has 0 spiro atoms. The van der Waals surface area contributed by atoms with Crippen molar-refractivity contribution in [1.29, 1.82) is 0 Å². The highest BCUT2D eigenvalue weighted by Gasteiger charge is 2.21. The zero-order valence-electron chi connectivity index (χ0n) is 14.6. The normalized spacial score (nSPS) is 10.4. The average Bonchev–Trinajstić information content (AvgIpc) is 3.10. The third-order valence-corrected chi connectivity index (χ3v) is 3.96. The topological polar surface area (TPSA) is 89.7 Å². The second kappa shape index (κ2) is 7.18. The molecule has 0 fully saturated rings. The number of aromatic amines is 1. The number of carbonyl (C=O) groups excluding carboxylic acids is 2. The van der Waals surface area contributed by atoms with E-state index in [-0.39, 0.29) is 0 Å². The summed E-state index contributed by atoms with van der Waals surface area (Å²) in [6, 6.07) is 10.4. The molecule has 0 saturated carbocycles. The number of H-pyrrole nitrogens is 1. The van der Waals surface area contributed by atoms with Gasteiger partial charge in [-0.15, -0.1) is 0 Å². The number of fused-ring (bicyclic) bond motifs is 1. The average molecular weight is 354 g/mol. The highest BCUT2D eigenvalue weighted by molar-refractivity contribution is 6.48. The molecular formula is C19H18N2O5. The smallest absolute Gasteiger partial charge is 0.296 e. The Bertz CT molecular complexity index is 952. The molecular weight excluding hydrogens is 336 g/mol. The van der Waals surface area contributed by atoms with Crippen LogP contribution in [0, 0.1) is 0 Å². The van der Waals surface area contributed by atoms with E-state index in [1.165, 1.54) is 27.5 Å². The van der Waals surface area contributed by atoms with E-state index in [9.17, 15) is 9.59 Å². The number of nitrogens with one attached hydrogen (secondary N) is 2. The van der Waals surface area contributed by atoms with Crippen molar-refractivity contribution >= 4 is 28.3 Å². The SMILES string of the molecule is COc1cc(NC(=O)C(=O)c2c[nH]c3ccccc23)cc(OC)c1OC. The summed E-state index contributed by atoms with van der Waals surface area (Å²) in [6.07, 6.45) is 1.53. The van der Waals surface area contributed by atoms with Crippen molar-refractivity contribution in [3.05, 3.63) is 48.2 Å².